The minimum Gasteiger partial charge on any atom is -0.310 e. The molecule has 1 rings (SSSR count). The monoisotopic (exact) mass is 196 g/mol. The van der Waals surface area contributed by atoms with Gasteiger partial charge in [-0.3, -0.25) is 9.48 Å². The third-order valence-corrected chi connectivity index (χ3v) is 1.81. The van der Waals surface area contributed by atoms with E-state index in [0.717, 1.165) is 18.1 Å². The Bertz CT molecular complexity index is 319. The second-order valence-corrected chi connectivity index (χ2v) is 3.12. The van der Waals surface area contributed by atoms with E-state index in [-0.39, 0.29) is 5.91 Å². The summed E-state index contributed by atoms with van der Waals surface area (Å²) in [5, 5.41) is 9.84. The summed E-state index contributed by atoms with van der Waals surface area (Å²) in [4.78, 5) is 11.3. The highest BCUT2D eigenvalue weighted by molar-refractivity contribution is 5.91. The van der Waals surface area contributed by atoms with Crippen LogP contribution in [0.1, 0.15) is 12.6 Å². The zero-order chi connectivity index (χ0) is 10.6. The first-order valence-electron chi connectivity index (χ1n) is 4.64. The van der Waals surface area contributed by atoms with Crippen molar-refractivity contribution >= 4 is 11.7 Å². The van der Waals surface area contributed by atoms with Crippen molar-refractivity contribution in [2.24, 2.45) is 7.05 Å². The van der Waals surface area contributed by atoms with Crippen LogP contribution < -0.4 is 10.6 Å². The lowest BCUT2D eigenvalue weighted by molar-refractivity contribution is -0.115. The first kappa shape index (κ1) is 10.7. The minimum absolute atomic E-state index is 0.0464. The predicted molar refractivity (Wildman–Crippen MR) is 55.1 cm³/mol. The molecule has 5 heteroatoms. The summed E-state index contributed by atoms with van der Waals surface area (Å²) in [6.07, 6.45) is 0. The average molecular weight is 196 g/mol. The summed E-state index contributed by atoms with van der Waals surface area (Å²) in [6.45, 7) is 4.97. The van der Waals surface area contributed by atoms with Crippen LogP contribution in [0.2, 0.25) is 0 Å². The first-order chi connectivity index (χ1) is 6.63. The van der Waals surface area contributed by atoms with Crippen LogP contribution in [0.4, 0.5) is 5.82 Å². The number of nitrogens with zero attached hydrogens (tertiary/aromatic N) is 2. The highest BCUT2D eigenvalue weighted by atomic mass is 16.2. The molecule has 1 amide bonds. The van der Waals surface area contributed by atoms with Crippen molar-refractivity contribution in [3.8, 4) is 0 Å². The van der Waals surface area contributed by atoms with Crippen LogP contribution in [-0.4, -0.2) is 28.8 Å². The number of anilines is 1. The molecule has 1 aromatic heterocycles. The Morgan fingerprint density at radius 3 is 2.86 bits per heavy atom. The Kier molecular flexibility index (Phi) is 3.64. The highest BCUT2D eigenvalue weighted by Crippen LogP contribution is 2.06. The molecule has 0 aliphatic carbocycles. The van der Waals surface area contributed by atoms with Crippen molar-refractivity contribution in [2.75, 3.05) is 18.4 Å². The molecule has 0 radical (unpaired) electrons. The van der Waals surface area contributed by atoms with E-state index in [1.54, 1.807) is 11.7 Å². The maximum atomic E-state index is 11.3. The molecule has 0 fully saturated rings. The molecule has 1 heterocycles. The fourth-order valence-electron chi connectivity index (χ4n) is 1.15. The lowest BCUT2D eigenvalue weighted by Gasteiger charge is -2.04. The van der Waals surface area contributed by atoms with Crippen LogP contribution in [0.25, 0.3) is 0 Å². The van der Waals surface area contributed by atoms with Crippen LogP contribution in [0.3, 0.4) is 0 Å². The second kappa shape index (κ2) is 4.76. The van der Waals surface area contributed by atoms with Crippen molar-refractivity contribution in [3.05, 3.63) is 11.8 Å². The van der Waals surface area contributed by atoms with Gasteiger partial charge in [-0.1, -0.05) is 6.92 Å². The lowest BCUT2D eigenvalue weighted by atomic mass is 10.4. The van der Waals surface area contributed by atoms with Gasteiger partial charge in [-0.2, -0.15) is 5.10 Å². The molecule has 0 aliphatic rings. The number of hydrogen-bond donors (Lipinski definition) is 2. The Balaban J connectivity index is 2.51. The van der Waals surface area contributed by atoms with Crippen LogP contribution in [0.15, 0.2) is 6.07 Å². The quantitative estimate of drug-likeness (QED) is 0.727. The number of aromatic nitrogens is 2. The third kappa shape index (κ3) is 2.85. The topological polar surface area (TPSA) is 59.0 Å². The number of carbonyl (C=O) groups excluding carboxylic acids is 1. The Morgan fingerprint density at radius 2 is 2.36 bits per heavy atom. The smallest absolute Gasteiger partial charge is 0.239 e. The lowest BCUT2D eigenvalue weighted by Crippen LogP contribution is -2.28. The van der Waals surface area contributed by atoms with Crippen LogP contribution in [0, 0.1) is 6.92 Å². The fourth-order valence-corrected chi connectivity index (χ4v) is 1.15. The molecule has 0 saturated heterocycles. The summed E-state index contributed by atoms with van der Waals surface area (Å²) < 4.78 is 1.65. The van der Waals surface area contributed by atoms with Crippen molar-refractivity contribution < 1.29 is 4.79 Å². The van der Waals surface area contributed by atoms with Gasteiger partial charge in [-0.25, -0.2) is 0 Å². The van der Waals surface area contributed by atoms with Crippen LogP contribution in [0.5, 0.6) is 0 Å². The molecule has 5 nitrogen and oxygen atoms in total. The van der Waals surface area contributed by atoms with Gasteiger partial charge in [-0.05, 0) is 13.5 Å². The van der Waals surface area contributed by atoms with Gasteiger partial charge in [0.2, 0.25) is 5.91 Å². The van der Waals surface area contributed by atoms with Gasteiger partial charge in [0.1, 0.15) is 5.82 Å². The van der Waals surface area contributed by atoms with Crippen molar-refractivity contribution in [1.82, 2.24) is 15.1 Å². The number of amides is 1. The molecule has 0 bridgehead atoms. The van der Waals surface area contributed by atoms with Crippen LogP contribution in [-0.2, 0) is 11.8 Å². The predicted octanol–water partition coefficient (Wildman–Crippen LogP) is 0.277. The first-order valence-corrected chi connectivity index (χ1v) is 4.64. The van der Waals surface area contributed by atoms with E-state index in [4.69, 9.17) is 0 Å². The number of hydrogen-bond acceptors (Lipinski definition) is 3. The second-order valence-electron chi connectivity index (χ2n) is 3.12. The minimum atomic E-state index is -0.0464. The van der Waals surface area contributed by atoms with E-state index < -0.39 is 0 Å². The van der Waals surface area contributed by atoms with Gasteiger partial charge < -0.3 is 10.6 Å². The SMILES string of the molecule is CCNCC(=O)Nc1cc(C)nn1C. The largest absolute Gasteiger partial charge is 0.310 e. The van der Waals surface area contributed by atoms with Crippen molar-refractivity contribution in [2.45, 2.75) is 13.8 Å². The number of aryl methyl sites for hydroxylation is 2. The maximum Gasteiger partial charge on any atom is 0.239 e. The molecular weight excluding hydrogens is 180 g/mol. The normalized spacial score (nSPS) is 10.2. The Hall–Kier alpha value is -1.36. The Labute approximate surface area is 83.5 Å². The molecule has 0 saturated carbocycles. The molecule has 0 unspecified atom stereocenters. The van der Waals surface area contributed by atoms with Gasteiger partial charge in [0.05, 0.1) is 12.2 Å². The molecule has 14 heavy (non-hydrogen) atoms. The van der Waals surface area contributed by atoms with E-state index in [1.807, 2.05) is 19.9 Å². The molecule has 0 aromatic carbocycles. The van der Waals surface area contributed by atoms with E-state index >= 15 is 0 Å². The summed E-state index contributed by atoms with van der Waals surface area (Å²) in [6, 6.07) is 1.84. The summed E-state index contributed by atoms with van der Waals surface area (Å²) in [7, 11) is 1.80. The van der Waals surface area contributed by atoms with Crippen molar-refractivity contribution in [1.29, 1.82) is 0 Å². The number of carbonyl (C=O) groups is 1. The zero-order valence-electron chi connectivity index (χ0n) is 8.79. The van der Waals surface area contributed by atoms with Gasteiger partial charge in [0.25, 0.3) is 0 Å². The molecule has 0 aliphatic heterocycles. The van der Waals surface area contributed by atoms with Gasteiger partial charge in [0, 0.05) is 13.1 Å². The Morgan fingerprint density at radius 1 is 1.64 bits per heavy atom. The number of nitrogens with one attached hydrogen (secondary N) is 2. The van der Waals surface area contributed by atoms with E-state index in [2.05, 4.69) is 15.7 Å². The summed E-state index contributed by atoms with van der Waals surface area (Å²) in [5.74, 6) is 0.681. The van der Waals surface area contributed by atoms with E-state index in [9.17, 15) is 4.79 Å². The number of likely N-dealkylation sites (N-methyl/N-ethyl adjacent to an activating group) is 1. The van der Waals surface area contributed by atoms with Gasteiger partial charge in [-0.15, -0.1) is 0 Å². The molecule has 1 aromatic rings. The van der Waals surface area contributed by atoms with Crippen LogP contribution >= 0.6 is 0 Å². The third-order valence-electron chi connectivity index (χ3n) is 1.81. The van der Waals surface area contributed by atoms with Crippen molar-refractivity contribution in [3.63, 3.8) is 0 Å². The van der Waals surface area contributed by atoms with E-state index in [0.29, 0.717) is 6.54 Å². The molecular formula is C9H16N4O. The van der Waals surface area contributed by atoms with Gasteiger partial charge in [0.15, 0.2) is 0 Å². The standard InChI is InChI=1S/C9H16N4O/c1-4-10-6-9(14)11-8-5-7(2)12-13(8)3/h5,10H,4,6H2,1-3H3,(H,11,14). The molecule has 0 spiro atoms. The van der Waals surface area contributed by atoms with E-state index in [1.165, 1.54) is 0 Å². The summed E-state index contributed by atoms with van der Waals surface area (Å²) in [5.41, 5.74) is 0.895. The highest BCUT2D eigenvalue weighted by Gasteiger charge is 2.05. The maximum absolute atomic E-state index is 11.3. The van der Waals surface area contributed by atoms with Gasteiger partial charge >= 0.3 is 0 Å². The molecule has 0 atom stereocenters. The zero-order valence-corrected chi connectivity index (χ0v) is 8.79. The molecule has 78 valence electrons. The number of rotatable bonds is 4. The fraction of sp³-hybridized carbons (Fsp3) is 0.556. The molecule has 2 N–H and O–H groups in total. The average Bonchev–Trinajstić information content (AvgIpc) is 2.42. The summed E-state index contributed by atoms with van der Waals surface area (Å²) >= 11 is 0.